The summed E-state index contributed by atoms with van der Waals surface area (Å²) in [6.07, 6.45) is 1.70. The molecule has 0 unspecified atom stereocenters. The maximum absolute atomic E-state index is 9.80. The van der Waals surface area contributed by atoms with E-state index < -0.39 is 0 Å². The lowest BCUT2D eigenvalue weighted by Crippen LogP contribution is -1.86. The van der Waals surface area contributed by atoms with Crippen molar-refractivity contribution in [3.05, 3.63) is 0 Å². The molecule has 3 heteroatoms. The van der Waals surface area contributed by atoms with Crippen molar-refractivity contribution in [1.29, 1.82) is 0 Å². The molecule has 0 aliphatic carbocycles. The molecule has 0 aliphatic heterocycles. The van der Waals surface area contributed by atoms with Gasteiger partial charge in [0.25, 0.3) is 0 Å². The lowest BCUT2D eigenvalue weighted by atomic mass is 10.9. The summed E-state index contributed by atoms with van der Waals surface area (Å²) >= 11 is 1.06. The van der Waals surface area contributed by atoms with Crippen LogP contribution in [0.25, 0.3) is 0 Å². The van der Waals surface area contributed by atoms with Gasteiger partial charge in [0, 0.05) is 13.2 Å². The minimum absolute atomic E-state index is 0.248. The molecule has 0 amide bonds. The van der Waals surface area contributed by atoms with Crippen LogP contribution in [0.5, 0.6) is 0 Å². The van der Waals surface area contributed by atoms with Crippen LogP contribution in [0.15, 0.2) is 0 Å². The average molecular weight is 106 g/mol. The van der Waals surface area contributed by atoms with E-state index in [0.29, 0.717) is 0 Å². The van der Waals surface area contributed by atoms with Gasteiger partial charge in [0.1, 0.15) is 0 Å². The highest BCUT2D eigenvalue weighted by Gasteiger charge is 1.83. The van der Waals surface area contributed by atoms with E-state index in [0.717, 1.165) is 12.0 Å². The fraction of sp³-hybridized carbons (Fsp3) is 0.667. The lowest BCUT2D eigenvalue weighted by Gasteiger charge is -1.86. The number of hydrogen-bond donors (Lipinski definition) is 0. The van der Waals surface area contributed by atoms with E-state index in [1.165, 1.54) is 6.92 Å². The Balaban J connectivity index is 2.83. The molecule has 0 fully saturated rings. The van der Waals surface area contributed by atoms with Crippen LogP contribution < -0.4 is 0 Å². The van der Waals surface area contributed by atoms with Gasteiger partial charge in [-0.1, -0.05) is 0 Å². The quantitative estimate of drug-likeness (QED) is 0.463. The highest BCUT2D eigenvalue weighted by molar-refractivity contribution is 7.94. The van der Waals surface area contributed by atoms with Crippen molar-refractivity contribution >= 4 is 18.0 Å². The van der Waals surface area contributed by atoms with Crippen LogP contribution in [0.1, 0.15) is 6.92 Å². The number of carbonyl (C=O) groups excluding carboxylic acids is 1. The third-order valence-electron chi connectivity index (χ3n) is 0.201. The molecule has 0 aromatic carbocycles. The van der Waals surface area contributed by atoms with E-state index in [2.05, 4.69) is 4.18 Å². The molecular formula is C3H6O2S. The van der Waals surface area contributed by atoms with Crippen LogP contribution in [-0.2, 0) is 8.98 Å². The highest BCUT2D eigenvalue weighted by Crippen LogP contribution is 1.92. The molecule has 0 bridgehead atoms. The average Bonchev–Trinajstić information content (AvgIpc) is 1.35. The van der Waals surface area contributed by atoms with Gasteiger partial charge in [0.2, 0.25) is 0 Å². The van der Waals surface area contributed by atoms with E-state index >= 15 is 0 Å². The number of carbonyl (C=O) groups is 1. The van der Waals surface area contributed by atoms with Crippen LogP contribution in [-0.4, -0.2) is 12.2 Å². The van der Waals surface area contributed by atoms with Gasteiger partial charge in [0.05, 0.1) is 12.0 Å². The predicted molar refractivity (Wildman–Crippen MR) is 25.3 cm³/mol. The molecule has 0 spiro atoms. The second-order valence-corrected chi connectivity index (χ2v) is 1.24. The van der Waals surface area contributed by atoms with Gasteiger partial charge in [-0.25, -0.2) is 0 Å². The van der Waals surface area contributed by atoms with E-state index in [-0.39, 0.29) is 5.97 Å². The van der Waals surface area contributed by atoms with Gasteiger partial charge < -0.3 is 4.18 Å². The fourth-order valence-corrected chi connectivity index (χ4v) is 0.352. The molecule has 0 aromatic heterocycles. The molecule has 0 rings (SSSR count). The maximum Gasteiger partial charge on any atom is 0.314 e. The smallest absolute Gasteiger partial charge is 0.314 e. The Morgan fingerprint density at radius 1 is 1.83 bits per heavy atom. The fourth-order valence-electron chi connectivity index (χ4n) is 0.117. The molecule has 0 N–H and O–H groups in total. The van der Waals surface area contributed by atoms with Crippen molar-refractivity contribution < 1.29 is 8.98 Å². The summed E-state index contributed by atoms with van der Waals surface area (Å²) < 4.78 is 4.32. The second kappa shape index (κ2) is 3.03. The molecule has 0 heterocycles. The van der Waals surface area contributed by atoms with Crippen molar-refractivity contribution in [1.82, 2.24) is 0 Å². The lowest BCUT2D eigenvalue weighted by molar-refractivity contribution is -0.130. The van der Waals surface area contributed by atoms with Gasteiger partial charge in [-0.3, -0.25) is 4.79 Å². The topological polar surface area (TPSA) is 26.3 Å². The molecule has 2 nitrogen and oxygen atoms in total. The molecule has 0 aliphatic rings. The van der Waals surface area contributed by atoms with Crippen LogP contribution in [0.3, 0.4) is 0 Å². The molecule has 0 saturated carbocycles. The molecule has 0 radical (unpaired) electrons. The SMILES string of the molecule is CSOC(C)=O. The Kier molecular flexibility index (Phi) is 2.94. The Labute approximate surface area is 41.1 Å². The zero-order chi connectivity index (χ0) is 4.99. The summed E-state index contributed by atoms with van der Waals surface area (Å²) in [6.45, 7) is 1.37. The minimum atomic E-state index is -0.248. The van der Waals surface area contributed by atoms with Crippen LogP contribution in [0.4, 0.5) is 0 Å². The van der Waals surface area contributed by atoms with Crippen LogP contribution in [0, 0.1) is 0 Å². The summed E-state index contributed by atoms with van der Waals surface area (Å²) in [7, 11) is 0. The number of hydrogen-bond acceptors (Lipinski definition) is 3. The van der Waals surface area contributed by atoms with Crippen molar-refractivity contribution in [2.24, 2.45) is 0 Å². The van der Waals surface area contributed by atoms with Gasteiger partial charge in [-0.2, -0.15) is 0 Å². The zero-order valence-corrected chi connectivity index (χ0v) is 4.54. The first-order chi connectivity index (χ1) is 2.77. The third-order valence-corrected chi connectivity index (χ3v) is 0.602. The molecule has 0 saturated heterocycles. The van der Waals surface area contributed by atoms with E-state index in [4.69, 9.17) is 0 Å². The Morgan fingerprint density at radius 3 is 2.33 bits per heavy atom. The maximum atomic E-state index is 9.80. The van der Waals surface area contributed by atoms with Crippen LogP contribution >= 0.6 is 12.0 Å². The summed E-state index contributed by atoms with van der Waals surface area (Å²) in [4.78, 5) is 9.80. The molecule has 6 heavy (non-hydrogen) atoms. The van der Waals surface area contributed by atoms with E-state index in [1.807, 2.05) is 0 Å². The summed E-state index contributed by atoms with van der Waals surface area (Å²) in [5.74, 6) is -0.248. The summed E-state index contributed by atoms with van der Waals surface area (Å²) in [5.41, 5.74) is 0. The molecule has 0 atom stereocenters. The van der Waals surface area contributed by atoms with E-state index in [9.17, 15) is 4.79 Å². The van der Waals surface area contributed by atoms with Crippen molar-refractivity contribution in [2.75, 3.05) is 6.26 Å². The largest absolute Gasteiger partial charge is 0.392 e. The van der Waals surface area contributed by atoms with Crippen molar-refractivity contribution in [3.63, 3.8) is 0 Å². The second-order valence-electron chi connectivity index (χ2n) is 0.742. The minimum Gasteiger partial charge on any atom is -0.392 e. The highest BCUT2D eigenvalue weighted by atomic mass is 32.2. The first-order valence-electron chi connectivity index (χ1n) is 1.48. The summed E-state index contributed by atoms with van der Waals surface area (Å²) in [6, 6.07) is 0. The van der Waals surface area contributed by atoms with E-state index in [1.54, 1.807) is 6.26 Å². The monoisotopic (exact) mass is 106 g/mol. The predicted octanol–water partition coefficient (Wildman–Crippen LogP) is 0.827. The van der Waals surface area contributed by atoms with Crippen molar-refractivity contribution in [2.45, 2.75) is 6.92 Å². The Bertz CT molecular complexity index is 52.8. The molecular weight excluding hydrogens is 100 g/mol. The van der Waals surface area contributed by atoms with Gasteiger partial charge in [-0.05, 0) is 0 Å². The first-order valence-corrected chi connectivity index (χ1v) is 2.63. The third kappa shape index (κ3) is 3.82. The Hall–Kier alpha value is -0.180. The first kappa shape index (κ1) is 5.82. The van der Waals surface area contributed by atoms with Gasteiger partial charge in [-0.15, -0.1) is 0 Å². The van der Waals surface area contributed by atoms with Gasteiger partial charge >= 0.3 is 5.97 Å². The summed E-state index contributed by atoms with van der Waals surface area (Å²) in [5, 5.41) is 0. The zero-order valence-electron chi connectivity index (χ0n) is 3.72. The van der Waals surface area contributed by atoms with Gasteiger partial charge in [0.15, 0.2) is 0 Å². The Morgan fingerprint density at radius 2 is 2.33 bits per heavy atom. The molecule has 0 aromatic rings. The normalized spacial score (nSPS) is 7.67. The van der Waals surface area contributed by atoms with Crippen molar-refractivity contribution in [3.8, 4) is 0 Å². The standard InChI is InChI=1S/C3H6O2S/c1-3(4)5-6-2/h1-2H3. The van der Waals surface area contributed by atoms with Crippen LogP contribution in [0.2, 0.25) is 0 Å². The molecule has 36 valence electrons. The number of rotatable bonds is 1.